The van der Waals surface area contributed by atoms with Crippen molar-refractivity contribution in [2.75, 3.05) is 26.8 Å². The van der Waals surface area contributed by atoms with Gasteiger partial charge in [-0.1, -0.05) is 6.92 Å². The highest BCUT2D eigenvalue weighted by Gasteiger charge is 2.18. The summed E-state index contributed by atoms with van der Waals surface area (Å²) in [5.74, 6) is 0.562. The predicted molar refractivity (Wildman–Crippen MR) is 73.8 cm³/mol. The van der Waals surface area contributed by atoms with E-state index in [1.165, 1.54) is 13.2 Å². The lowest BCUT2D eigenvalue weighted by Crippen LogP contribution is -2.28. The van der Waals surface area contributed by atoms with Gasteiger partial charge in [-0.15, -0.1) is 0 Å². The van der Waals surface area contributed by atoms with Crippen LogP contribution < -0.4 is 10.0 Å². The van der Waals surface area contributed by atoms with Gasteiger partial charge in [0, 0.05) is 13.7 Å². The minimum Gasteiger partial charge on any atom is -0.447 e. The van der Waals surface area contributed by atoms with Crippen molar-refractivity contribution >= 4 is 10.0 Å². The zero-order chi connectivity index (χ0) is 15.0. The molecule has 0 aliphatic heterocycles. The van der Waals surface area contributed by atoms with Crippen molar-refractivity contribution in [3.63, 3.8) is 0 Å². The van der Waals surface area contributed by atoms with Crippen LogP contribution in [0.1, 0.15) is 19.1 Å². The van der Waals surface area contributed by atoms with Crippen molar-refractivity contribution in [1.29, 1.82) is 0 Å². The molecule has 0 spiro atoms. The molecule has 1 atom stereocenters. The maximum atomic E-state index is 11.9. The Balaban J connectivity index is 2.49. The number of hydrogen-bond donors (Lipinski definition) is 3. The van der Waals surface area contributed by atoms with Gasteiger partial charge < -0.3 is 19.6 Å². The number of sulfonamides is 1. The van der Waals surface area contributed by atoms with Crippen LogP contribution in [0.5, 0.6) is 0 Å². The molecule has 1 rings (SSSR count). The first kappa shape index (κ1) is 17.1. The van der Waals surface area contributed by atoms with Gasteiger partial charge in [0.15, 0.2) is 0 Å². The zero-order valence-corrected chi connectivity index (χ0v) is 12.6. The zero-order valence-electron chi connectivity index (χ0n) is 11.8. The minimum atomic E-state index is -3.67. The molecule has 0 aliphatic carbocycles. The first-order valence-corrected chi connectivity index (χ1v) is 7.94. The first-order valence-electron chi connectivity index (χ1n) is 6.45. The van der Waals surface area contributed by atoms with Crippen molar-refractivity contribution in [2.24, 2.45) is 0 Å². The van der Waals surface area contributed by atoms with Crippen molar-refractivity contribution < 1.29 is 22.7 Å². The third kappa shape index (κ3) is 5.59. The minimum absolute atomic E-state index is 0.119. The summed E-state index contributed by atoms with van der Waals surface area (Å²) in [5.41, 5.74) is 0. The Hall–Kier alpha value is -0.930. The molecule has 7 nitrogen and oxygen atoms in total. The number of aliphatic hydroxyl groups excluding tert-OH is 1. The van der Waals surface area contributed by atoms with Gasteiger partial charge in [-0.3, -0.25) is 0 Å². The average Bonchev–Trinajstić information content (AvgIpc) is 2.86. The van der Waals surface area contributed by atoms with Crippen LogP contribution in [-0.4, -0.2) is 46.4 Å². The molecule has 0 aromatic carbocycles. The summed E-state index contributed by atoms with van der Waals surface area (Å²) in [4.78, 5) is 0. The quantitative estimate of drug-likeness (QED) is 0.565. The van der Waals surface area contributed by atoms with E-state index in [1.807, 2.05) is 6.92 Å². The molecule has 0 fully saturated rings. The first-order chi connectivity index (χ1) is 9.49. The second kappa shape index (κ2) is 8.38. The van der Waals surface area contributed by atoms with E-state index in [-0.39, 0.29) is 24.7 Å². The maximum Gasteiger partial charge on any atom is 0.273 e. The highest BCUT2D eigenvalue weighted by molar-refractivity contribution is 7.89. The molecule has 1 unspecified atom stereocenters. The van der Waals surface area contributed by atoms with Gasteiger partial charge in [-0.2, -0.15) is 0 Å². The van der Waals surface area contributed by atoms with E-state index >= 15 is 0 Å². The monoisotopic (exact) mass is 306 g/mol. The topological polar surface area (TPSA) is 101 Å². The molecule has 0 bridgehead atoms. The van der Waals surface area contributed by atoms with Crippen LogP contribution >= 0.6 is 0 Å². The van der Waals surface area contributed by atoms with E-state index in [2.05, 4.69) is 10.0 Å². The van der Waals surface area contributed by atoms with E-state index in [1.54, 1.807) is 6.07 Å². The largest absolute Gasteiger partial charge is 0.447 e. The molecular formula is C12H22N2O5S. The smallest absolute Gasteiger partial charge is 0.273 e. The SMILES string of the molecule is CCNCc1ccc(S(=O)(=O)NCCC(O)COC)o1. The van der Waals surface area contributed by atoms with Gasteiger partial charge >= 0.3 is 0 Å². The maximum absolute atomic E-state index is 11.9. The molecule has 3 N–H and O–H groups in total. The van der Waals surface area contributed by atoms with Crippen molar-refractivity contribution in [3.8, 4) is 0 Å². The summed E-state index contributed by atoms with van der Waals surface area (Å²) >= 11 is 0. The molecule has 20 heavy (non-hydrogen) atoms. The van der Waals surface area contributed by atoms with Gasteiger partial charge in [0.05, 0.1) is 19.3 Å². The van der Waals surface area contributed by atoms with Crippen LogP contribution in [0.4, 0.5) is 0 Å². The van der Waals surface area contributed by atoms with Gasteiger partial charge in [0.25, 0.3) is 10.0 Å². The van der Waals surface area contributed by atoms with Crippen LogP contribution in [0, 0.1) is 0 Å². The lowest BCUT2D eigenvalue weighted by atomic mass is 10.3. The third-order valence-electron chi connectivity index (χ3n) is 2.58. The van der Waals surface area contributed by atoms with Crippen LogP contribution in [-0.2, 0) is 21.3 Å². The molecule has 0 radical (unpaired) electrons. The number of rotatable bonds is 10. The molecule has 0 saturated carbocycles. The summed E-state index contributed by atoms with van der Waals surface area (Å²) in [6.07, 6.45) is -0.415. The highest BCUT2D eigenvalue weighted by atomic mass is 32.2. The molecule has 1 heterocycles. The molecule has 1 aromatic heterocycles. The Bertz CT molecular complexity index is 486. The number of ether oxygens (including phenoxy) is 1. The van der Waals surface area contributed by atoms with Crippen molar-refractivity contribution in [3.05, 3.63) is 17.9 Å². The average molecular weight is 306 g/mol. The fourth-order valence-electron chi connectivity index (χ4n) is 1.55. The Morgan fingerprint density at radius 1 is 1.45 bits per heavy atom. The summed E-state index contributed by atoms with van der Waals surface area (Å²) in [5, 5.41) is 12.4. The normalized spacial score (nSPS) is 13.6. The standard InChI is InChI=1S/C12H22N2O5S/c1-3-13-8-11-4-5-12(19-11)20(16,17)14-7-6-10(15)9-18-2/h4-5,10,13-15H,3,6-9H2,1-2H3. The fraction of sp³-hybridized carbons (Fsp3) is 0.667. The van der Waals surface area contributed by atoms with Gasteiger partial charge in [-0.25, -0.2) is 13.1 Å². The van der Waals surface area contributed by atoms with Crippen LogP contribution in [0.3, 0.4) is 0 Å². The van der Waals surface area contributed by atoms with Gasteiger partial charge in [0.1, 0.15) is 5.76 Å². The van der Waals surface area contributed by atoms with E-state index in [0.29, 0.717) is 12.3 Å². The lowest BCUT2D eigenvalue weighted by molar-refractivity contribution is 0.0603. The second-order valence-corrected chi connectivity index (χ2v) is 5.99. The van der Waals surface area contributed by atoms with E-state index < -0.39 is 16.1 Å². The highest BCUT2D eigenvalue weighted by Crippen LogP contribution is 2.13. The summed E-state index contributed by atoms with van der Waals surface area (Å²) < 4.78 is 36.2. The number of nitrogens with one attached hydrogen (secondary N) is 2. The molecule has 116 valence electrons. The molecule has 0 saturated heterocycles. The Morgan fingerprint density at radius 2 is 2.20 bits per heavy atom. The number of methoxy groups -OCH3 is 1. The van der Waals surface area contributed by atoms with Crippen molar-refractivity contribution in [1.82, 2.24) is 10.0 Å². The predicted octanol–water partition coefficient (Wildman–Crippen LogP) is 0.0648. The van der Waals surface area contributed by atoms with Crippen molar-refractivity contribution in [2.45, 2.75) is 31.1 Å². The molecule has 8 heteroatoms. The van der Waals surface area contributed by atoms with Gasteiger partial charge in [0.2, 0.25) is 5.09 Å². The van der Waals surface area contributed by atoms with E-state index in [4.69, 9.17) is 9.15 Å². The lowest BCUT2D eigenvalue weighted by Gasteiger charge is -2.09. The Morgan fingerprint density at radius 3 is 2.85 bits per heavy atom. The van der Waals surface area contributed by atoms with E-state index in [9.17, 15) is 13.5 Å². The summed E-state index contributed by atoms with van der Waals surface area (Å²) in [7, 11) is -2.20. The summed E-state index contributed by atoms with van der Waals surface area (Å²) in [6.45, 7) is 3.51. The molecule has 0 aliphatic rings. The second-order valence-electron chi connectivity index (χ2n) is 4.30. The number of hydrogen-bond acceptors (Lipinski definition) is 6. The number of furan rings is 1. The van der Waals surface area contributed by atoms with Crippen LogP contribution in [0.15, 0.2) is 21.6 Å². The van der Waals surface area contributed by atoms with Crippen LogP contribution in [0.2, 0.25) is 0 Å². The van der Waals surface area contributed by atoms with Crippen LogP contribution in [0.25, 0.3) is 0 Å². The Kier molecular flexibility index (Phi) is 7.17. The van der Waals surface area contributed by atoms with Gasteiger partial charge in [-0.05, 0) is 25.1 Å². The third-order valence-corrected chi connectivity index (χ3v) is 3.91. The number of aliphatic hydroxyl groups is 1. The Labute approximate surface area is 119 Å². The molecular weight excluding hydrogens is 284 g/mol. The summed E-state index contributed by atoms with van der Waals surface area (Å²) in [6, 6.07) is 3.04. The molecule has 1 aromatic rings. The fourth-order valence-corrected chi connectivity index (χ4v) is 2.55. The van der Waals surface area contributed by atoms with E-state index in [0.717, 1.165) is 6.54 Å². The molecule has 0 amide bonds.